The number of carbonyl (C=O) groups is 1. The van der Waals surface area contributed by atoms with Crippen LogP contribution in [0.2, 0.25) is 0 Å². The first-order valence-corrected chi connectivity index (χ1v) is 9.06. The second kappa shape index (κ2) is 9.26. The number of hydrogen-bond acceptors (Lipinski definition) is 2. The van der Waals surface area contributed by atoms with E-state index in [0.717, 1.165) is 24.2 Å². The van der Waals surface area contributed by atoms with Gasteiger partial charge >= 0.3 is 0 Å². The minimum atomic E-state index is -0.501. The van der Waals surface area contributed by atoms with Crippen molar-refractivity contribution in [2.45, 2.75) is 52.6 Å². The van der Waals surface area contributed by atoms with Gasteiger partial charge in [0.15, 0.2) is 6.10 Å². The largest absolute Gasteiger partial charge is 0.481 e. The molecular formula is C22H29NO2. The molecule has 3 nitrogen and oxygen atoms in total. The molecule has 2 aromatic rings. The normalized spacial score (nSPS) is 12.0. The van der Waals surface area contributed by atoms with Crippen molar-refractivity contribution < 1.29 is 9.53 Å². The maximum atomic E-state index is 12.3. The molecule has 0 saturated carbocycles. The molecule has 0 aliphatic carbocycles. The summed E-state index contributed by atoms with van der Waals surface area (Å²) in [6.07, 6.45) is 1.39. The molecule has 0 bridgehead atoms. The van der Waals surface area contributed by atoms with Gasteiger partial charge in [-0.1, -0.05) is 61.9 Å². The molecule has 0 heterocycles. The van der Waals surface area contributed by atoms with Gasteiger partial charge in [0.25, 0.3) is 5.91 Å². The Morgan fingerprint density at radius 1 is 1.08 bits per heavy atom. The number of para-hydroxylation sites is 1. The second-order valence-corrected chi connectivity index (χ2v) is 6.84. The number of ether oxygens (including phenoxy) is 1. The van der Waals surface area contributed by atoms with Crippen LogP contribution in [0, 0.1) is 6.92 Å². The molecule has 3 heteroatoms. The highest BCUT2D eigenvalue weighted by Gasteiger charge is 2.16. The molecule has 0 radical (unpaired) electrons. The van der Waals surface area contributed by atoms with E-state index in [1.807, 2.05) is 24.3 Å². The average Bonchev–Trinajstić information content (AvgIpc) is 2.59. The van der Waals surface area contributed by atoms with E-state index < -0.39 is 6.10 Å². The van der Waals surface area contributed by atoms with Crippen molar-refractivity contribution >= 4 is 5.91 Å². The van der Waals surface area contributed by atoms with Crippen LogP contribution in [0.5, 0.6) is 5.75 Å². The van der Waals surface area contributed by atoms with Gasteiger partial charge in [0.2, 0.25) is 0 Å². The Balaban J connectivity index is 1.79. The van der Waals surface area contributed by atoms with E-state index in [1.54, 1.807) is 6.92 Å². The zero-order valence-electron chi connectivity index (χ0n) is 15.7. The van der Waals surface area contributed by atoms with E-state index in [-0.39, 0.29) is 5.91 Å². The Kier molecular flexibility index (Phi) is 7.05. The maximum absolute atomic E-state index is 12.3. The summed E-state index contributed by atoms with van der Waals surface area (Å²) in [6, 6.07) is 16.4. The molecule has 0 saturated heterocycles. The third-order valence-corrected chi connectivity index (χ3v) is 4.24. The predicted molar refractivity (Wildman–Crippen MR) is 103 cm³/mol. The molecule has 134 valence electrons. The molecule has 0 fully saturated rings. The fourth-order valence-electron chi connectivity index (χ4n) is 2.82. The quantitative estimate of drug-likeness (QED) is 0.712. The van der Waals surface area contributed by atoms with Crippen molar-refractivity contribution in [1.29, 1.82) is 0 Å². The van der Waals surface area contributed by atoms with Crippen LogP contribution in [-0.4, -0.2) is 18.6 Å². The SMILES string of the molecule is Cc1cccc(CCCNC(=O)C(C)Oc2ccccc2C(C)C)c1. The Labute approximate surface area is 151 Å². The van der Waals surface area contributed by atoms with Gasteiger partial charge in [0.05, 0.1) is 0 Å². The number of aryl methyl sites for hydroxylation is 2. The first-order valence-electron chi connectivity index (χ1n) is 9.06. The smallest absolute Gasteiger partial charge is 0.260 e. The van der Waals surface area contributed by atoms with Gasteiger partial charge in [-0.25, -0.2) is 0 Å². The zero-order chi connectivity index (χ0) is 18.2. The fourth-order valence-corrected chi connectivity index (χ4v) is 2.82. The van der Waals surface area contributed by atoms with Crippen LogP contribution in [0.25, 0.3) is 0 Å². The van der Waals surface area contributed by atoms with Crippen LogP contribution in [-0.2, 0) is 11.2 Å². The van der Waals surface area contributed by atoms with Gasteiger partial charge < -0.3 is 10.1 Å². The van der Waals surface area contributed by atoms with E-state index >= 15 is 0 Å². The lowest BCUT2D eigenvalue weighted by Crippen LogP contribution is -2.37. The van der Waals surface area contributed by atoms with E-state index in [4.69, 9.17) is 4.74 Å². The van der Waals surface area contributed by atoms with Gasteiger partial charge in [-0.05, 0) is 49.8 Å². The van der Waals surface area contributed by atoms with Crippen molar-refractivity contribution in [2.24, 2.45) is 0 Å². The Morgan fingerprint density at radius 3 is 2.56 bits per heavy atom. The Hall–Kier alpha value is -2.29. The number of nitrogens with one attached hydrogen (secondary N) is 1. The molecule has 2 rings (SSSR count). The second-order valence-electron chi connectivity index (χ2n) is 6.84. The topological polar surface area (TPSA) is 38.3 Å². The number of amides is 1. The van der Waals surface area contributed by atoms with Gasteiger partial charge in [-0.2, -0.15) is 0 Å². The molecule has 1 amide bonds. The lowest BCUT2D eigenvalue weighted by atomic mass is 10.0. The molecule has 0 spiro atoms. The molecule has 1 unspecified atom stereocenters. The van der Waals surface area contributed by atoms with E-state index in [0.29, 0.717) is 12.5 Å². The van der Waals surface area contributed by atoms with E-state index in [9.17, 15) is 4.79 Å². The summed E-state index contributed by atoms with van der Waals surface area (Å²) in [5, 5.41) is 2.97. The molecule has 2 aromatic carbocycles. The van der Waals surface area contributed by atoms with Crippen molar-refractivity contribution in [2.75, 3.05) is 6.54 Å². The number of hydrogen-bond donors (Lipinski definition) is 1. The number of carbonyl (C=O) groups excluding carboxylic acids is 1. The summed E-state index contributed by atoms with van der Waals surface area (Å²) in [4.78, 5) is 12.3. The predicted octanol–water partition coefficient (Wildman–Crippen LogP) is 4.63. The van der Waals surface area contributed by atoms with Crippen LogP contribution < -0.4 is 10.1 Å². The first kappa shape index (κ1) is 19.0. The minimum Gasteiger partial charge on any atom is -0.481 e. The molecule has 1 N–H and O–H groups in total. The van der Waals surface area contributed by atoms with E-state index in [2.05, 4.69) is 50.4 Å². The summed E-state index contributed by atoms with van der Waals surface area (Å²) in [6.45, 7) is 8.80. The van der Waals surface area contributed by atoms with Gasteiger partial charge in [-0.15, -0.1) is 0 Å². The standard InChI is InChI=1S/C22H29NO2/c1-16(2)20-12-5-6-13-21(20)25-18(4)22(24)23-14-8-11-19-10-7-9-17(3)15-19/h5-7,9-10,12-13,15-16,18H,8,11,14H2,1-4H3,(H,23,24). The molecule has 0 aromatic heterocycles. The first-order chi connectivity index (χ1) is 12.0. The van der Waals surface area contributed by atoms with Crippen molar-refractivity contribution in [3.05, 3.63) is 65.2 Å². The highest BCUT2D eigenvalue weighted by atomic mass is 16.5. The van der Waals surface area contributed by atoms with Crippen LogP contribution in [0.4, 0.5) is 0 Å². The minimum absolute atomic E-state index is 0.0669. The number of rotatable bonds is 8. The highest BCUT2D eigenvalue weighted by molar-refractivity contribution is 5.80. The third kappa shape index (κ3) is 5.93. The highest BCUT2D eigenvalue weighted by Crippen LogP contribution is 2.26. The summed E-state index contributed by atoms with van der Waals surface area (Å²) in [5.74, 6) is 1.09. The van der Waals surface area contributed by atoms with Crippen molar-refractivity contribution in [1.82, 2.24) is 5.32 Å². The molecule has 25 heavy (non-hydrogen) atoms. The lowest BCUT2D eigenvalue weighted by molar-refractivity contribution is -0.127. The van der Waals surface area contributed by atoms with Gasteiger partial charge in [0, 0.05) is 6.54 Å². The third-order valence-electron chi connectivity index (χ3n) is 4.24. The van der Waals surface area contributed by atoms with Gasteiger partial charge in [0.1, 0.15) is 5.75 Å². The zero-order valence-corrected chi connectivity index (χ0v) is 15.7. The van der Waals surface area contributed by atoms with Crippen LogP contribution in [0.3, 0.4) is 0 Å². The lowest BCUT2D eigenvalue weighted by Gasteiger charge is -2.18. The van der Waals surface area contributed by atoms with E-state index in [1.165, 1.54) is 11.1 Å². The van der Waals surface area contributed by atoms with Crippen LogP contribution >= 0.6 is 0 Å². The number of benzene rings is 2. The van der Waals surface area contributed by atoms with Crippen LogP contribution in [0.15, 0.2) is 48.5 Å². The molecular weight excluding hydrogens is 310 g/mol. The van der Waals surface area contributed by atoms with Crippen molar-refractivity contribution in [3.63, 3.8) is 0 Å². The molecule has 0 aliphatic rings. The van der Waals surface area contributed by atoms with Gasteiger partial charge in [-0.3, -0.25) is 4.79 Å². The van der Waals surface area contributed by atoms with Crippen molar-refractivity contribution in [3.8, 4) is 5.75 Å². The van der Waals surface area contributed by atoms with Crippen LogP contribution in [0.1, 0.15) is 49.8 Å². The maximum Gasteiger partial charge on any atom is 0.260 e. The Bertz CT molecular complexity index is 694. The fraction of sp³-hybridized carbons (Fsp3) is 0.409. The molecule has 0 aliphatic heterocycles. The average molecular weight is 339 g/mol. The Morgan fingerprint density at radius 2 is 1.84 bits per heavy atom. The summed E-state index contributed by atoms with van der Waals surface area (Å²) in [7, 11) is 0. The molecule has 1 atom stereocenters. The summed E-state index contributed by atoms with van der Waals surface area (Å²) < 4.78 is 5.89. The monoisotopic (exact) mass is 339 g/mol. The summed E-state index contributed by atoms with van der Waals surface area (Å²) in [5.41, 5.74) is 3.71. The summed E-state index contributed by atoms with van der Waals surface area (Å²) >= 11 is 0.